The van der Waals surface area contributed by atoms with Crippen molar-refractivity contribution in [3.8, 4) is 0 Å². The third-order valence-electron chi connectivity index (χ3n) is 0.685. The zero-order chi connectivity index (χ0) is 12.7. The smallest absolute Gasteiger partial charge is 0.790 e. The van der Waals surface area contributed by atoms with E-state index in [1.54, 1.807) is 0 Å². The summed E-state index contributed by atoms with van der Waals surface area (Å²) in [5.41, 5.74) is 0. The zero-order valence-corrected chi connectivity index (χ0v) is 15.3. The summed E-state index contributed by atoms with van der Waals surface area (Å²) in [5.74, 6) is 0. The van der Waals surface area contributed by atoms with E-state index < -0.39 is 37.5 Å². The fourth-order valence-corrected chi connectivity index (χ4v) is 0.805. The van der Waals surface area contributed by atoms with E-state index in [0.29, 0.717) is 0 Å². The molecule has 0 aromatic rings. The maximum atomic E-state index is 9.79. The molecule has 0 atom stereocenters. The predicted molar refractivity (Wildman–Crippen MR) is 42.9 cm³/mol. The standard InChI is InChI=1S/C3H9O6P.Ca.H2O4S.Zn/c4-1-3(2-5)9-10(6,7)8;;1-5(2,3)4;/h3-5H,1-2H2,(H2,6,7,8);;(H2,1,2,3,4);/q;+2;;+2/p-4. The number of aliphatic hydroxyl groups excluding tert-OH is 2. The maximum absolute atomic E-state index is 9.79. The molecule has 0 aliphatic carbocycles. The van der Waals surface area contributed by atoms with Crippen molar-refractivity contribution >= 4 is 56.0 Å². The van der Waals surface area contributed by atoms with Gasteiger partial charge in [0.2, 0.25) is 0 Å². The molecule has 0 spiro atoms. The van der Waals surface area contributed by atoms with Crippen LogP contribution >= 0.6 is 7.82 Å². The van der Waals surface area contributed by atoms with Crippen LogP contribution in [0.4, 0.5) is 0 Å². The van der Waals surface area contributed by atoms with Crippen molar-refractivity contribution < 1.29 is 66.1 Å². The molecule has 0 saturated heterocycles. The molecule has 0 unspecified atom stereocenters. The molecule has 0 saturated carbocycles. The van der Waals surface area contributed by atoms with Crippen molar-refractivity contribution in [2.45, 2.75) is 6.10 Å². The number of hydrogen-bond donors (Lipinski definition) is 2. The van der Waals surface area contributed by atoms with E-state index in [9.17, 15) is 14.4 Å². The molecule has 0 aliphatic heterocycles. The van der Waals surface area contributed by atoms with Crippen molar-refractivity contribution in [3.63, 3.8) is 0 Å². The molecule has 0 fully saturated rings. The van der Waals surface area contributed by atoms with Crippen molar-refractivity contribution in [1.29, 1.82) is 0 Å². The second-order valence-electron chi connectivity index (χ2n) is 1.95. The van der Waals surface area contributed by atoms with Crippen LogP contribution < -0.4 is 9.79 Å². The van der Waals surface area contributed by atoms with Crippen LogP contribution in [0.3, 0.4) is 0 Å². The Balaban J connectivity index is -0.000000105. The molecule has 0 radical (unpaired) electrons. The molecule has 0 heterocycles. The van der Waals surface area contributed by atoms with Gasteiger partial charge in [-0.2, -0.15) is 0 Å². The second-order valence-corrected chi connectivity index (χ2v) is 3.87. The molecule has 0 aromatic carbocycles. The van der Waals surface area contributed by atoms with Crippen LogP contribution in [0.15, 0.2) is 0 Å². The fraction of sp³-hybridized carbons (Fsp3) is 1.00. The van der Waals surface area contributed by atoms with Crippen LogP contribution in [0, 0.1) is 0 Å². The average Bonchev–Trinajstić information content (AvgIpc) is 1.95. The van der Waals surface area contributed by atoms with Crippen LogP contribution in [0.2, 0.25) is 0 Å². The van der Waals surface area contributed by atoms with Gasteiger partial charge in [0.1, 0.15) is 6.10 Å². The molecule has 94 valence electrons. The largest absolute Gasteiger partial charge is 2.00 e. The molecule has 10 nitrogen and oxygen atoms in total. The van der Waals surface area contributed by atoms with Crippen molar-refractivity contribution in [1.82, 2.24) is 0 Å². The van der Waals surface area contributed by atoms with Crippen LogP contribution in [0.1, 0.15) is 0 Å². The summed E-state index contributed by atoms with van der Waals surface area (Å²) < 4.78 is 47.6. The Hall–Kier alpha value is 1.78. The first-order valence-corrected chi connectivity index (χ1v) is 5.88. The quantitative estimate of drug-likeness (QED) is 0.210. The normalized spacial score (nSPS) is 10.8. The zero-order valence-electron chi connectivity index (χ0n) is 8.42. The molecule has 17 heavy (non-hydrogen) atoms. The minimum absolute atomic E-state index is 0. The first-order chi connectivity index (χ1) is 6.49. The molecule has 0 aliphatic rings. The minimum Gasteiger partial charge on any atom is -0.790 e. The van der Waals surface area contributed by atoms with E-state index in [1.165, 1.54) is 0 Å². The first kappa shape index (κ1) is 27.2. The van der Waals surface area contributed by atoms with Gasteiger partial charge < -0.3 is 38.2 Å². The summed E-state index contributed by atoms with van der Waals surface area (Å²) in [7, 11) is -10.2. The van der Waals surface area contributed by atoms with Gasteiger partial charge in [0, 0.05) is 10.4 Å². The molecular formula is C3H7CaO10PSZn. The summed E-state index contributed by atoms with van der Waals surface area (Å²) in [6.07, 6.45) is -1.33. The number of phosphoric ester groups is 1. The molecular weight excluding hydrogens is 365 g/mol. The Labute approximate surface area is 140 Å². The predicted octanol–water partition coefficient (Wildman–Crippen LogP) is -4.54. The van der Waals surface area contributed by atoms with Crippen LogP contribution in [-0.4, -0.2) is 84.8 Å². The second kappa shape index (κ2) is 12.8. The number of hydrogen-bond acceptors (Lipinski definition) is 10. The van der Waals surface area contributed by atoms with E-state index in [1.807, 2.05) is 0 Å². The minimum atomic E-state index is -5.17. The van der Waals surface area contributed by atoms with Gasteiger partial charge >= 0.3 is 57.2 Å². The Kier molecular flexibility index (Phi) is 20.5. The third kappa shape index (κ3) is 38.1. The van der Waals surface area contributed by atoms with Crippen molar-refractivity contribution in [2.75, 3.05) is 13.2 Å². The first-order valence-electron chi connectivity index (χ1n) is 3.08. The monoisotopic (exact) mass is 370 g/mol. The van der Waals surface area contributed by atoms with Gasteiger partial charge in [0.25, 0.3) is 0 Å². The summed E-state index contributed by atoms with van der Waals surface area (Å²) in [5, 5.41) is 16.4. The van der Waals surface area contributed by atoms with Crippen molar-refractivity contribution in [2.24, 2.45) is 0 Å². The van der Waals surface area contributed by atoms with Gasteiger partial charge in [-0.25, -0.2) is 0 Å². The SMILES string of the molecule is O=P([O-])([O-])OC(CO)CO.O=S(=O)([O-])[O-].[Ca+2].[Zn+2]. The molecule has 0 bridgehead atoms. The number of phosphoric acid groups is 1. The average molecular weight is 372 g/mol. The number of rotatable bonds is 4. The van der Waals surface area contributed by atoms with Gasteiger partial charge in [0.05, 0.1) is 21.0 Å². The van der Waals surface area contributed by atoms with Crippen LogP contribution in [-0.2, 0) is 39.0 Å². The third-order valence-corrected chi connectivity index (χ3v) is 1.24. The Morgan fingerprint density at radius 2 is 1.41 bits per heavy atom. The summed E-state index contributed by atoms with van der Waals surface area (Å²) in [6.45, 7) is -1.41. The van der Waals surface area contributed by atoms with E-state index in [-0.39, 0.29) is 57.2 Å². The Morgan fingerprint density at radius 3 is 1.47 bits per heavy atom. The van der Waals surface area contributed by atoms with Gasteiger partial charge in [0.15, 0.2) is 0 Å². The molecule has 0 aromatic heterocycles. The number of aliphatic hydroxyl groups is 2. The van der Waals surface area contributed by atoms with E-state index in [0.717, 1.165) is 0 Å². The molecule has 0 rings (SSSR count). The summed E-state index contributed by atoms with van der Waals surface area (Å²) in [6, 6.07) is 0. The van der Waals surface area contributed by atoms with E-state index >= 15 is 0 Å². The van der Waals surface area contributed by atoms with Gasteiger partial charge in [-0.3, -0.25) is 8.42 Å². The molecule has 0 amide bonds. The summed E-state index contributed by atoms with van der Waals surface area (Å²) in [4.78, 5) is 19.6. The summed E-state index contributed by atoms with van der Waals surface area (Å²) >= 11 is 0. The maximum Gasteiger partial charge on any atom is 2.00 e. The van der Waals surface area contributed by atoms with E-state index in [4.69, 9.17) is 27.7 Å². The van der Waals surface area contributed by atoms with Gasteiger partial charge in [-0.1, -0.05) is 0 Å². The Morgan fingerprint density at radius 1 is 1.18 bits per heavy atom. The fourth-order valence-electron chi connectivity index (χ4n) is 0.307. The molecule has 14 heteroatoms. The van der Waals surface area contributed by atoms with Crippen LogP contribution in [0.5, 0.6) is 0 Å². The van der Waals surface area contributed by atoms with Crippen LogP contribution in [0.25, 0.3) is 0 Å². The van der Waals surface area contributed by atoms with Crippen molar-refractivity contribution in [3.05, 3.63) is 0 Å². The Bertz CT molecular complexity index is 289. The van der Waals surface area contributed by atoms with Gasteiger partial charge in [-0.15, -0.1) is 0 Å². The topological polar surface area (TPSA) is 193 Å². The van der Waals surface area contributed by atoms with Gasteiger partial charge in [-0.05, 0) is 0 Å². The van der Waals surface area contributed by atoms with E-state index in [2.05, 4.69) is 4.52 Å². The molecule has 2 N–H and O–H groups in total.